The summed E-state index contributed by atoms with van der Waals surface area (Å²) in [7, 11) is 0. The molecule has 0 bridgehead atoms. The van der Waals surface area contributed by atoms with Crippen LogP contribution in [0.3, 0.4) is 0 Å². The molecule has 2 N–H and O–H groups in total. The zero-order valence-electron chi connectivity index (χ0n) is 15.9. The van der Waals surface area contributed by atoms with Gasteiger partial charge in [0.05, 0.1) is 5.69 Å². The minimum Gasteiger partial charge on any atom is -0.338 e. The lowest BCUT2D eigenvalue weighted by Gasteiger charge is -2.09. The number of rotatable bonds is 7. The Hall–Kier alpha value is -3.41. The standard InChI is InChI=1S/C22H24N4O2/c1-2-17-9-11-19(12-10-17)24-22(28)23-15-6-16-26-21(27)14-13-20(25-26)18-7-4-3-5-8-18/h3-5,7-14H,2,6,15-16H2,1H3,(H2,23,24,28). The summed E-state index contributed by atoms with van der Waals surface area (Å²) in [5, 5.41) is 10.0. The fourth-order valence-electron chi connectivity index (χ4n) is 2.80. The molecule has 28 heavy (non-hydrogen) atoms. The Morgan fingerprint density at radius 3 is 2.46 bits per heavy atom. The van der Waals surface area contributed by atoms with Crippen LogP contribution in [-0.2, 0) is 13.0 Å². The van der Waals surface area contributed by atoms with Crippen molar-refractivity contribution in [2.75, 3.05) is 11.9 Å². The highest BCUT2D eigenvalue weighted by Gasteiger charge is 2.04. The number of benzene rings is 2. The van der Waals surface area contributed by atoms with Gasteiger partial charge in [0.1, 0.15) is 0 Å². The van der Waals surface area contributed by atoms with E-state index in [9.17, 15) is 9.59 Å². The van der Waals surface area contributed by atoms with Crippen LogP contribution in [0.25, 0.3) is 11.3 Å². The van der Waals surface area contributed by atoms with Gasteiger partial charge in [-0.15, -0.1) is 0 Å². The van der Waals surface area contributed by atoms with Gasteiger partial charge in [-0.2, -0.15) is 5.10 Å². The summed E-state index contributed by atoms with van der Waals surface area (Å²) < 4.78 is 1.44. The van der Waals surface area contributed by atoms with Gasteiger partial charge in [0, 0.05) is 30.4 Å². The van der Waals surface area contributed by atoms with Gasteiger partial charge < -0.3 is 10.6 Å². The van der Waals surface area contributed by atoms with E-state index in [1.807, 2.05) is 54.6 Å². The van der Waals surface area contributed by atoms with E-state index in [-0.39, 0.29) is 11.6 Å². The number of anilines is 1. The number of carbonyl (C=O) groups excluding carboxylic acids is 1. The average molecular weight is 376 g/mol. The van der Waals surface area contributed by atoms with Gasteiger partial charge in [0.15, 0.2) is 0 Å². The van der Waals surface area contributed by atoms with E-state index in [0.717, 1.165) is 23.4 Å². The van der Waals surface area contributed by atoms with E-state index < -0.39 is 0 Å². The van der Waals surface area contributed by atoms with Crippen LogP contribution < -0.4 is 16.2 Å². The first-order chi connectivity index (χ1) is 13.7. The van der Waals surface area contributed by atoms with E-state index in [1.165, 1.54) is 16.3 Å². The van der Waals surface area contributed by atoms with E-state index in [1.54, 1.807) is 6.07 Å². The van der Waals surface area contributed by atoms with Crippen molar-refractivity contribution in [3.63, 3.8) is 0 Å². The number of urea groups is 1. The molecule has 144 valence electrons. The van der Waals surface area contributed by atoms with E-state index in [4.69, 9.17) is 0 Å². The lowest BCUT2D eigenvalue weighted by atomic mass is 10.1. The summed E-state index contributed by atoms with van der Waals surface area (Å²) in [5.41, 5.74) is 3.54. The molecule has 0 aliphatic carbocycles. The van der Waals surface area contributed by atoms with Crippen LogP contribution in [0.2, 0.25) is 0 Å². The highest BCUT2D eigenvalue weighted by molar-refractivity contribution is 5.89. The van der Waals surface area contributed by atoms with E-state index in [2.05, 4.69) is 22.7 Å². The number of nitrogens with zero attached hydrogens (tertiary/aromatic N) is 2. The number of hydrogen-bond donors (Lipinski definition) is 2. The molecule has 3 rings (SSSR count). The molecule has 0 unspecified atom stereocenters. The maximum absolute atomic E-state index is 12.0. The van der Waals surface area contributed by atoms with Gasteiger partial charge in [0.25, 0.3) is 5.56 Å². The third kappa shape index (κ3) is 5.30. The number of nitrogens with one attached hydrogen (secondary N) is 2. The number of aromatic nitrogens is 2. The number of amides is 2. The fraction of sp³-hybridized carbons (Fsp3) is 0.227. The summed E-state index contributed by atoms with van der Waals surface area (Å²) in [5.74, 6) is 0. The molecule has 0 fully saturated rings. The molecular formula is C22H24N4O2. The Kier molecular flexibility index (Phi) is 6.57. The van der Waals surface area contributed by atoms with Crippen LogP contribution in [0.4, 0.5) is 10.5 Å². The second-order valence-corrected chi connectivity index (χ2v) is 6.43. The number of hydrogen-bond acceptors (Lipinski definition) is 3. The maximum atomic E-state index is 12.0. The van der Waals surface area contributed by atoms with E-state index in [0.29, 0.717) is 19.5 Å². The van der Waals surface area contributed by atoms with Crippen molar-refractivity contribution in [1.29, 1.82) is 0 Å². The van der Waals surface area contributed by atoms with Crippen LogP contribution in [0.5, 0.6) is 0 Å². The number of aryl methyl sites for hydroxylation is 2. The molecule has 1 aromatic heterocycles. The third-order valence-electron chi connectivity index (χ3n) is 4.39. The van der Waals surface area contributed by atoms with Gasteiger partial charge in [-0.25, -0.2) is 9.48 Å². The van der Waals surface area contributed by atoms with Crippen LogP contribution in [0.15, 0.2) is 71.5 Å². The van der Waals surface area contributed by atoms with Crippen molar-refractivity contribution in [1.82, 2.24) is 15.1 Å². The van der Waals surface area contributed by atoms with Crippen molar-refractivity contribution in [2.45, 2.75) is 26.3 Å². The number of carbonyl (C=O) groups is 1. The van der Waals surface area contributed by atoms with Gasteiger partial charge in [-0.3, -0.25) is 4.79 Å². The zero-order chi connectivity index (χ0) is 19.8. The van der Waals surface area contributed by atoms with Crippen molar-refractivity contribution >= 4 is 11.7 Å². The molecule has 6 heteroatoms. The molecule has 0 saturated carbocycles. The first-order valence-corrected chi connectivity index (χ1v) is 9.43. The molecule has 0 aliphatic heterocycles. The quantitative estimate of drug-likeness (QED) is 0.618. The molecule has 1 heterocycles. The van der Waals surface area contributed by atoms with Gasteiger partial charge in [0.2, 0.25) is 0 Å². The SMILES string of the molecule is CCc1ccc(NC(=O)NCCCn2nc(-c3ccccc3)ccc2=O)cc1. The normalized spacial score (nSPS) is 10.5. The second kappa shape index (κ2) is 9.50. The Bertz CT molecular complexity index is 966. The first kappa shape index (κ1) is 19.4. The van der Waals surface area contributed by atoms with Crippen LogP contribution in [-0.4, -0.2) is 22.4 Å². The van der Waals surface area contributed by atoms with Crippen LogP contribution in [0, 0.1) is 0 Å². The predicted molar refractivity (Wildman–Crippen MR) is 111 cm³/mol. The summed E-state index contributed by atoms with van der Waals surface area (Å²) in [6, 6.07) is 20.5. The molecular weight excluding hydrogens is 352 g/mol. The zero-order valence-corrected chi connectivity index (χ0v) is 15.9. The Balaban J connectivity index is 1.49. The average Bonchev–Trinajstić information content (AvgIpc) is 2.73. The predicted octanol–water partition coefficient (Wildman–Crippen LogP) is 3.68. The summed E-state index contributed by atoms with van der Waals surface area (Å²) in [4.78, 5) is 24.0. The lowest BCUT2D eigenvalue weighted by molar-refractivity contribution is 0.251. The molecule has 0 atom stereocenters. The van der Waals surface area contributed by atoms with E-state index >= 15 is 0 Å². The van der Waals surface area contributed by atoms with Crippen molar-refractivity contribution in [2.24, 2.45) is 0 Å². The molecule has 0 radical (unpaired) electrons. The monoisotopic (exact) mass is 376 g/mol. The van der Waals surface area contributed by atoms with Crippen molar-refractivity contribution in [3.05, 3.63) is 82.6 Å². The smallest absolute Gasteiger partial charge is 0.319 e. The molecule has 0 saturated heterocycles. The molecule has 0 aliphatic rings. The highest BCUT2D eigenvalue weighted by atomic mass is 16.2. The van der Waals surface area contributed by atoms with Gasteiger partial charge in [-0.1, -0.05) is 49.4 Å². The van der Waals surface area contributed by atoms with Crippen LogP contribution >= 0.6 is 0 Å². The fourth-order valence-corrected chi connectivity index (χ4v) is 2.80. The first-order valence-electron chi connectivity index (χ1n) is 9.43. The Labute approximate surface area is 164 Å². The minimum absolute atomic E-state index is 0.153. The van der Waals surface area contributed by atoms with Crippen molar-refractivity contribution < 1.29 is 4.79 Å². The Morgan fingerprint density at radius 2 is 1.75 bits per heavy atom. The highest BCUT2D eigenvalue weighted by Crippen LogP contribution is 2.14. The molecule has 6 nitrogen and oxygen atoms in total. The maximum Gasteiger partial charge on any atom is 0.319 e. The molecule has 2 amide bonds. The summed E-state index contributed by atoms with van der Waals surface area (Å²) >= 11 is 0. The van der Waals surface area contributed by atoms with Gasteiger partial charge >= 0.3 is 6.03 Å². The minimum atomic E-state index is -0.261. The van der Waals surface area contributed by atoms with Gasteiger partial charge in [-0.05, 0) is 36.6 Å². The summed E-state index contributed by atoms with van der Waals surface area (Å²) in [6.07, 6.45) is 1.57. The summed E-state index contributed by atoms with van der Waals surface area (Å²) in [6.45, 7) is 2.97. The van der Waals surface area contributed by atoms with Crippen molar-refractivity contribution in [3.8, 4) is 11.3 Å². The molecule has 3 aromatic rings. The third-order valence-corrected chi connectivity index (χ3v) is 4.39. The topological polar surface area (TPSA) is 76.0 Å². The van der Waals surface area contributed by atoms with Crippen LogP contribution in [0.1, 0.15) is 18.9 Å². The lowest BCUT2D eigenvalue weighted by Crippen LogP contribution is -2.31. The largest absolute Gasteiger partial charge is 0.338 e. The molecule has 2 aromatic carbocycles. The molecule has 0 spiro atoms. The Morgan fingerprint density at radius 1 is 1.00 bits per heavy atom. The second-order valence-electron chi connectivity index (χ2n) is 6.43.